The quantitative estimate of drug-likeness (QED) is 0.308. The minimum atomic E-state index is -0.158. The van der Waals surface area contributed by atoms with E-state index in [1.54, 1.807) is 24.3 Å². The number of hydrogen-bond acceptors (Lipinski definition) is 4. The number of amides is 1. The van der Waals surface area contributed by atoms with Gasteiger partial charge in [0.05, 0.1) is 0 Å². The van der Waals surface area contributed by atoms with E-state index in [0.29, 0.717) is 23.8 Å². The molecule has 0 fully saturated rings. The molecule has 0 aliphatic carbocycles. The van der Waals surface area contributed by atoms with Crippen LogP contribution in [0.15, 0.2) is 29.4 Å². The van der Waals surface area contributed by atoms with Gasteiger partial charge < -0.3 is 21.0 Å². The lowest BCUT2D eigenvalue weighted by Crippen LogP contribution is -2.31. The summed E-state index contributed by atoms with van der Waals surface area (Å²) in [4.78, 5) is 11.4. The van der Waals surface area contributed by atoms with Crippen molar-refractivity contribution in [3.8, 4) is 5.75 Å². The Morgan fingerprint density at radius 2 is 2.05 bits per heavy atom. The Morgan fingerprint density at radius 1 is 1.42 bits per heavy atom. The summed E-state index contributed by atoms with van der Waals surface area (Å²) in [6.07, 6.45) is 0. The normalized spacial score (nSPS) is 11.4. The minimum absolute atomic E-state index is 0.0289. The van der Waals surface area contributed by atoms with Crippen LogP contribution in [0.5, 0.6) is 5.75 Å². The first kappa shape index (κ1) is 14.8. The lowest BCUT2D eigenvalue weighted by atomic mass is 10.2. The van der Waals surface area contributed by atoms with Crippen molar-refractivity contribution in [2.75, 3.05) is 13.2 Å². The lowest BCUT2D eigenvalue weighted by Gasteiger charge is -2.09. The summed E-state index contributed by atoms with van der Waals surface area (Å²) in [5, 5.41) is 14.2. The second kappa shape index (κ2) is 7.25. The number of hydrogen-bond donors (Lipinski definition) is 3. The van der Waals surface area contributed by atoms with Crippen molar-refractivity contribution in [1.29, 1.82) is 0 Å². The number of amidine groups is 1. The number of carbonyl (C=O) groups excluding carboxylic acids is 1. The molecule has 0 radical (unpaired) electrons. The van der Waals surface area contributed by atoms with E-state index in [-0.39, 0.29) is 18.3 Å². The number of ether oxygens (including phenoxy) is 1. The monoisotopic (exact) mass is 265 g/mol. The lowest BCUT2D eigenvalue weighted by molar-refractivity contribution is -0.123. The molecule has 104 valence electrons. The van der Waals surface area contributed by atoms with E-state index in [1.165, 1.54) is 0 Å². The average Bonchev–Trinajstić information content (AvgIpc) is 2.42. The third-order valence-electron chi connectivity index (χ3n) is 2.34. The molecule has 1 aromatic carbocycles. The van der Waals surface area contributed by atoms with Crippen LogP contribution in [0.3, 0.4) is 0 Å². The van der Waals surface area contributed by atoms with Gasteiger partial charge in [0.25, 0.3) is 5.91 Å². The Bertz CT molecular complexity index is 441. The van der Waals surface area contributed by atoms with Crippen LogP contribution in [0, 0.1) is 5.92 Å². The molecule has 1 rings (SSSR count). The van der Waals surface area contributed by atoms with E-state index in [0.717, 1.165) is 0 Å². The van der Waals surface area contributed by atoms with Gasteiger partial charge >= 0.3 is 0 Å². The van der Waals surface area contributed by atoms with Crippen molar-refractivity contribution in [3.05, 3.63) is 29.8 Å². The molecule has 6 heteroatoms. The van der Waals surface area contributed by atoms with Gasteiger partial charge in [-0.25, -0.2) is 0 Å². The molecule has 0 aliphatic heterocycles. The Hall–Kier alpha value is -2.24. The Balaban J connectivity index is 2.44. The van der Waals surface area contributed by atoms with Gasteiger partial charge in [-0.3, -0.25) is 4.79 Å². The fraction of sp³-hybridized carbons (Fsp3) is 0.385. The van der Waals surface area contributed by atoms with E-state index in [1.807, 2.05) is 13.8 Å². The molecule has 0 spiro atoms. The van der Waals surface area contributed by atoms with E-state index >= 15 is 0 Å². The Kier molecular flexibility index (Phi) is 5.66. The van der Waals surface area contributed by atoms with Gasteiger partial charge in [-0.05, 0) is 30.2 Å². The largest absolute Gasteiger partial charge is 0.484 e. The van der Waals surface area contributed by atoms with Gasteiger partial charge in [-0.1, -0.05) is 19.0 Å². The van der Waals surface area contributed by atoms with Crippen LogP contribution in [-0.2, 0) is 4.79 Å². The SMILES string of the molecule is CC(C)CNC(=O)COc1ccc(/C(N)=N/O)cc1. The molecule has 0 atom stereocenters. The van der Waals surface area contributed by atoms with Crippen LogP contribution >= 0.6 is 0 Å². The van der Waals surface area contributed by atoms with Gasteiger partial charge in [-0.15, -0.1) is 0 Å². The molecular formula is C13H19N3O3. The molecule has 0 saturated heterocycles. The first-order chi connectivity index (χ1) is 9.02. The Morgan fingerprint density at radius 3 is 2.58 bits per heavy atom. The van der Waals surface area contributed by atoms with Gasteiger partial charge in [-0.2, -0.15) is 0 Å². The molecule has 4 N–H and O–H groups in total. The summed E-state index contributed by atoms with van der Waals surface area (Å²) in [5.74, 6) is 0.827. The van der Waals surface area contributed by atoms with Gasteiger partial charge in [0, 0.05) is 12.1 Å². The molecular weight excluding hydrogens is 246 g/mol. The van der Waals surface area contributed by atoms with Gasteiger partial charge in [0.15, 0.2) is 12.4 Å². The smallest absolute Gasteiger partial charge is 0.257 e. The third kappa shape index (κ3) is 5.29. The number of oxime groups is 1. The molecule has 0 heterocycles. The van der Waals surface area contributed by atoms with Crippen LogP contribution in [-0.4, -0.2) is 30.1 Å². The standard InChI is InChI=1S/C13H19N3O3/c1-9(2)7-15-12(17)8-19-11-5-3-10(4-6-11)13(14)16-18/h3-6,9,18H,7-8H2,1-2H3,(H2,14,16)(H,15,17). The first-order valence-corrected chi connectivity index (χ1v) is 6.00. The number of nitrogens with one attached hydrogen (secondary N) is 1. The van der Waals surface area contributed by atoms with Crippen molar-refractivity contribution in [1.82, 2.24) is 5.32 Å². The summed E-state index contributed by atoms with van der Waals surface area (Å²) in [7, 11) is 0. The van der Waals surface area contributed by atoms with Crippen LogP contribution in [0.2, 0.25) is 0 Å². The number of rotatable bonds is 6. The molecule has 1 aromatic rings. The highest BCUT2D eigenvalue weighted by molar-refractivity contribution is 5.97. The summed E-state index contributed by atoms with van der Waals surface area (Å²) < 4.78 is 5.31. The van der Waals surface area contributed by atoms with E-state index in [4.69, 9.17) is 15.7 Å². The fourth-order valence-electron chi connectivity index (χ4n) is 1.30. The summed E-state index contributed by atoms with van der Waals surface area (Å²) in [6.45, 7) is 4.64. The predicted octanol–water partition coefficient (Wildman–Crippen LogP) is 0.932. The zero-order valence-corrected chi connectivity index (χ0v) is 11.1. The maximum absolute atomic E-state index is 11.4. The molecule has 0 aliphatic rings. The number of nitrogens with two attached hydrogens (primary N) is 1. The maximum atomic E-state index is 11.4. The Labute approximate surface area is 112 Å². The summed E-state index contributed by atoms with van der Waals surface area (Å²) >= 11 is 0. The summed E-state index contributed by atoms with van der Waals surface area (Å²) in [5.41, 5.74) is 6.01. The van der Waals surface area contributed by atoms with Crippen LogP contribution in [0.1, 0.15) is 19.4 Å². The second-order valence-corrected chi connectivity index (χ2v) is 4.50. The number of nitrogens with zero attached hydrogens (tertiary/aromatic N) is 1. The van der Waals surface area contributed by atoms with Crippen molar-refractivity contribution < 1.29 is 14.7 Å². The van der Waals surface area contributed by atoms with Crippen molar-refractivity contribution >= 4 is 11.7 Å². The van der Waals surface area contributed by atoms with Gasteiger partial charge in [0.2, 0.25) is 0 Å². The highest BCUT2D eigenvalue weighted by Crippen LogP contribution is 2.11. The molecule has 0 saturated carbocycles. The zero-order valence-electron chi connectivity index (χ0n) is 11.1. The highest BCUT2D eigenvalue weighted by Gasteiger charge is 2.04. The molecule has 0 aromatic heterocycles. The highest BCUT2D eigenvalue weighted by atomic mass is 16.5. The van der Waals surface area contributed by atoms with Crippen LogP contribution in [0.25, 0.3) is 0 Å². The van der Waals surface area contributed by atoms with E-state index in [2.05, 4.69) is 10.5 Å². The number of benzene rings is 1. The topological polar surface area (TPSA) is 96.9 Å². The molecule has 6 nitrogen and oxygen atoms in total. The zero-order chi connectivity index (χ0) is 14.3. The van der Waals surface area contributed by atoms with Crippen molar-refractivity contribution in [2.24, 2.45) is 16.8 Å². The van der Waals surface area contributed by atoms with E-state index in [9.17, 15) is 4.79 Å². The molecule has 19 heavy (non-hydrogen) atoms. The molecule has 1 amide bonds. The van der Waals surface area contributed by atoms with Gasteiger partial charge in [0.1, 0.15) is 5.75 Å². The summed E-state index contributed by atoms with van der Waals surface area (Å²) in [6, 6.07) is 6.61. The average molecular weight is 265 g/mol. The van der Waals surface area contributed by atoms with Crippen LogP contribution in [0.4, 0.5) is 0 Å². The van der Waals surface area contributed by atoms with Crippen LogP contribution < -0.4 is 15.8 Å². The van der Waals surface area contributed by atoms with Crippen molar-refractivity contribution in [2.45, 2.75) is 13.8 Å². The maximum Gasteiger partial charge on any atom is 0.257 e. The number of carbonyl (C=O) groups is 1. The van der Waals surface area contributed by atoms with Crippen molar-refractivity contribution in [3.63, 3.8) is 0 Å². The fourth-order valence-corrected chi connectivity index (χ4v) is 1.30. The molecule has 0 bridgehead atoms. The third-order valence-corrected chi connectivity index (χ3v) is 2.34. The molecule has 0 unspecified atom stereocenters. The minimum Gasteiger partial charge on any atom is -0.484 e. The second-order valence-electron chi connectivity index (χ2n) is 4.50. The first-order valence-electron chi connectivity index (χ1n) is 6.00. The predicted molar refractivity (Wildman–Crippen MR) is 72.3 cm³/mol. The van der Waals surface area contributed by atoms with E-state index < -0.39 is 0 Å².